The van der Waals surface area contributed by atoms with Gasteiger partial charge in [-0.2, -0.15) is 18.3 Å². The Hall–Kier alpha value is -1.89. The van der Waals surface area contributed by atoms with E-state index in [0.717, 1.165) is 10.7 Å². The number of rotatable bonds is 4. The number of hydrogen-bond acceptors (Lipinski definition) is 2. The molecule has 1 aromatic heterocycles. The smallest absolute Gasteiger partial charge is 0.313 e. The molecule has 0 unspecified atom stereocenters. The van der Waals surface area contributed by atoms with Gasteiger partial charge < -0.3 is 5.32 Å². The molecule has 0 radical (unpaired) electrons. The van der Waals surface area contributed by atoms with Crippen LogP contribution >= 0.6 is 0 Å². The second-order valence-corrected chi connectivity index (χ2v) is 4.20. The van der Waals surface area contributed by atoms with E-state index >= 15 is 0 Å². The van der Waals surface area contributed by atoms with Crippen LogP contribution in [0.15, 0.2) is 30.5 Å². The fraction of sp³-hybridized carbons (Fsp3) is 0.308. The molecular formula is C13H13F4N3. The molecule has 0 atom stereocenters. The first-order valence-electron chi connectivity index (χ1n) is 6.04. The van der Waals surface area contributed by atoms with Gasteiger partial charge in [0.25, 0.3) is 0 Å². The highest BCUT2D eigenvalue weighted by Crippen LogP contribution is 2.28. The summed E-state index contributed by atoms with van der Waals surface area (Å²) in [4.78, 5) is 0. The maximum absolute atomic E-state index is 13.2. The molecule has 0 aliphatic heterocycles. The third kappa shape index (κ3) is 3.16. The molecule has 0 fully saturated rings. The van der Waals surface area contributed by atoms with Gasteiger partial charge in [-0.1, -0.05) is 6.92 Å². The molecular weight excluding hydrogens is 274 g/mol. The van der Waals surface area contributed by atoms with Crippen molar-refractivity contribution in [1.82, 2.24) is 15.1 Å². The molecule has 0 aliphatic rings. The van der Waals surface area contributed by atoms with Crippen molar-refractivity contribution in [1.29, 1.82) is 0 Å². The predicted molar refractivity (Wildman–Crippen MR) is 65.9 cm³/mol. The van der Waals surface area contributed by atoms with Gasteiger partial charge in [-0.3, -0.25) is 0 Å². The third-order valence-electron chi connectivity index (χ3n) is 2.73. The van der Waals surface area contributed by atoms with Gasteiger partial charge in [0.05, 0.1) is 5.69 Å². The number of nitrogens with one attached hydrogen (secondary N) is 1. The van der Waals surface area contributed by atoms with E-state index in [9.17, 15) is 17.6 Å². The van der Waals surface area contributed by atoms with Crippen LogP contribution in [0.2, 0.25) is 0 Å². The maximum Gasteiger partial charge on any atom is 0.435 e. The predicted octanol–water partition coefficient (Wildman–Crippen LogP) is 3.14. The molecule has 2 rings (SSSR count). The van der Waals surface area contributed by atoms with E-state index in [1.54, 1.807) is 0 Å². The molecule has 7 heteroatoms. The van der Waals surface area contributed by atoms with Crippen LogP contribution in [-0.4, -0.2) is 16.3 Å². The number of alkyl halides is 3. The fourth-order valence-electron chi connectivity index (χ4n) is 1.79. The Morgan fingerprint density at radius 1 is 1.25 bits per heavy atom. The van der Waals surface area contributed by atoms with Crippen molar-refractivity contribution in [3.8, 4) is 5.69 Å². The normalized spacial score (nSPS) is 11.8. The van der Waals surface area contributed by atoms with Crippen molar-refractivity contribution in [2.75, 3.05) is 6.54 Å². The maximum atomic E-state index is 13.2. The summed E-state index contributed by atoms with van der Waals surface area (Å²) in [5, 5.41) is 6.50. The van der Waals surface area contributed by atoms with Crippen LogP contribution in [0.3, 0.4) is 0 Å². The van der Waals surface area contributed by atoms with Crippen molar-refractivity contribution >= 4 is 0 Å². The highest BCUT2D eigenvalue weighted by atomic mass is 19.4. The van der Waals surface area contributed by atoms with Gasteiger partial charge in [0.1, 0.15) is 5.82 Å². The van der Waals surface area contributed by atoms with Crippen molar-refractivity contribution in [3.63, 3.8) is 0 Å². The Morgan fingerprint density at radius 3 is 2.60 bits per heavy atom. The van der Waals surface area contributed by atoms with Crippen LogP contribution in [0.5, 0.6) is 0 Å². The minimum Gasteiger partial charge on any atom is -0.313 e. The quantitative estimate of drug-likeness (QED) is 0.876. The summed E-state index contributed by atoms with van der Waals surface area (Å²) in [6, 6.07) is 4.78. The van der Waals surface area contributed by atoms with E-state index in [1.807, 2.05) is 6.92 Å². The lowest BCUT2D eigenvalue weighted by atomic mass is 10.1. The van der Waals surface area contributed by atoms with E-state index in [2.05, 4.69) is 10.4 Å². The van der Waals surface area contributed by atoms with Crippen LogP contribution in [0.4, 0.5) is 17.6 Å². The number of hydrogen-bond donors (Lipinski definition) is 1. The first kappa shape index (κ1) is 14.5. The summed E-state index contributed by atoms with van der Waals surface area (Å²) in [6.45, 7) is 2.91. The number of aromatic nitrogens is 2. The first-order valence-corrected chi connectivity index (χ1v) is 6.04. The van der Waals surface area contributed by atoms with Crippen LogP contribution in [0.1, 0.15) is 18.2 Å². The van der Waals surface area contributed by atoms with Crippen molar-refractivity contribution in [3.05, 3.63) is 47.5 Å². The standard InChI is InChI=1S/C13H13F4N3/c1-2-18-8-9-7-10(14)3-4-11(9)20-6-5-12(19-20)13(15,16)17/h3-7,18H,2,8H2,1H3. The Bertz CT molecular complexity index is 590. The van der Waals surface area contributed by atoms with Gasteiger partial charge in [0.15, 0.2) is 5.69 Å². The first-order chi connectivity index (χ1) is 9.41. The van der Waals surface area contributed by atoms with Crippen LogP contribution in [0.25, 0.3) is 5.69 Å². The SMILES string of the molecule is CCNCc1cc(F)ccc1-n1ccc(C(F)(F)F)n1. The minimum absolute atomic E-state index is 0.352. The van der Waals surface area contributed by atoms with E-state index in [-0.39, 0.29) is 0 Å². The van der Waals surface area contributed by atoms with E-state index in [0.29, 0.717) is 24.3 Å². The average molecular weight is 287 g/mol. The Labute approximate surface area is 113 Å². The van der Waals surface area contributed by atoms with Gasteiger partial charge in [-0.25, -0.2) is 9.07 Å². The van der Waals surface area contributed by atoms with Crippen LogP contribution in [0, 0.1) is 5.82 Å². The topological polar surface area (TPSA) is 29.9 Å². The number of benzene rings is 1. The Morgan fingerprint density at radius 2 is 2.00 bits per heavy atom. The lowest BCUT2D eigenvalue weighted by Crippen LogP contribution is -2.15. The number of nitrogens with zero attached hydrogens (tertiary/aromatic N) is 2. The highest BCUT2D eigenvalue weighted by Gasteiger charge is 2.33. The molecule has 3 nitrogen and oxygen atoms in total. The van der Waals surface area contributed by atoms with Gasteiger partial charge in [-0.15, -0.1) is 0 Å². The second-order valence-electron chi connectivity index (χ2n) is 4.20. The molecule has 0 bridgehead atoms. The molecule has 1 heterocycles. The van der Waals surface area contributed by atoms with Crippen molar-refractivity contribution in [2.45, 2.75) is 19.6 Å². The Balaban J connectivity index is 2.39. The molecule has 0 saturated carbocycles. The average Bonchev–Trinajstić information content (AvgIpc) is 2.85. The molecule has 0 spiro atoms. The van der Waals surface area contributed by atoms with Crippen molar-refractivity contribution < 1.29 is 17.6 Å². The zero-order valence-electron chi connectivity index (χ0n) is 10.7. The second kappa shape index (κ2) is 5.62. The summed E-state index contributed by atoms with van der Waals surface area (Å²) < 4.78 is 52.0. The third-order valence-corrected chi connectivity index (χ3v) is 2.73. The molecule has 1 aromatic carbocycles. The highest BCUT2D eigenvalue weighted by molar-refractivity contribution is 5.41. The zero-order chi connectivity index (χ0) is 14.8. The van der Waals surface area contributed by atoms with Crippen LogP contribution < -0.4 is 5.32 Å². The number of halogens is 4. The zero-order valence-corrected chi connectivity index (χ0v) is 10.7. The van der Waals surface area contributed by atoms with E-state index in [4.69, 9.17) is 0 Å². The summed E-state index contributed by atoms with van der Waals surface area (Å²) in [5.41, 5.74) is -0.0113. The van der Waals surface area contributed by atoms with Gasteiger partial charge in [0, 0.05) is 12.7 Å². The fourth-order valence-corrected chi connectivity index (χ4v) is 1.79. The van der Waals surface area contributed by atoms with Crippen molar-refractivity contribution in [2.24, 2.45) is 0 Å². The molecule has 20 heavy (non-hydrogen) atoms. The molecule has 108 valence electrons. The summed E-state index contributed by atoms with van der Waals surface area (Å²) >= 11 is 0. The monoisotopic (exact) mass is 287 g/mol. The minimum atomic E-state index is -4.49. The van der Waals surface area contributed by atoms with Crippen LogP contribution in [-0.2, 0) is 12.7 Å². The molecule has 2 aromatic rings. The largest absolute Gasteiger partial charge is 0.435 e. The molecule has 1 N–H and O–H groups in total. The molecule has 0 amide bonds. The summed E-state index contributed by atoms with van der Waals surface area (Å²) in [7, 11) is 0. The lowest BCUT2D eigenvalue weighted by molar-refractivity contribution is -0.141. The van der Waals surface area contributed by atoms with Gasteiger partial charge in [0.2, 0.25) is 0 Å². The summed E-state index contributed by atoms with van der Waals surface area (Å²) in [5.74, 6) is -0.440. The van der Waals surface area contributed by atoms with Gasteiger partial charge >= 0.3 is 6.18 Å². The molecule has 0 aliphatic carbocycles. The lowest BCUT2D eigenvalue weighted by Gasteiger charge is -2.10. The summed E-state index contributed by atoms with van der Waals surface area (Å²) in [6.07, 6.45) is -3.28. The van der Waals surface area contributed by atoms with E-state index < -0.39 is 17.7 Å². The van der Waals surface area contributed by atoms with Gasteiger partial charge in [-0.05, 0) is 36.4 Å². The Kier molecular flexibility index (Phi) is 4.08. The van der Waals surface area contributed by atoms with E-state index in [1.165, 1.54) is 24.4 Å². The molecule has 0 saturated heterocycles.